The number of amides is 2. The van der Waals surface area contributed by atoms with E-state index in [1.54, 1.807) is 62.5 Å². The molecule has 0 saturated carbocycles. The fraction of sp³-hybridized carbons (Fsp3) is 0.455. The number of carbonyl (C=O) groups excluding carboxylic acids is 4. The molecule has 0 radical (unpaired) electrons. The number of hydrogen-bond acceptors (Lipinski definition) is 6. The zero-order valence-electron chi connectivity index (χ0n) is 17.4. The van der Waals surface area contributed by atoms with Gasteiger partial charge in [-0.2, -0.15) is 0 Å². The van der Waals surface area contributed by atoms with Crippen molar-refractivity contribution >= 4 is 23.4 Å². The summed E-state index contributed by atoms with van der Waals surface area (Å²) in [5, 5.41) is 6.12. The van der Waals surface area contributed by atoms with Gasteiger partial charge in [-0.25, -0.2) is 0 Å². The Hall–Kier alpha value is -2.84. The van der Waals surface area contributed by atoms with E-state index in [9.17, 15) is 19.2 Å². The third-order valence-corrected chi connectivity index (χ3v) is 5.71. The third-order valence-electron chi connectivity index (χ3n) is 5.71. The maximum Gasteiger partial charge on any atom is 0.235 e. The molecule has 0 aromatic heterocycles. The lowest BCUT2D eigenvalue weighted by molar-refractivity contribution is -0.139. The molecule has 2 amide bonds. The average molecular weight is 415 g/mol. The summed E-state index contributed by atoms with van der Waals surface area (Å²) in [5.41, 5.74) is 8.33. The number of ketones is 2. The van der Waals surface area contributed by atoms with Crippen LogP contribution in [0.5, 0.6) is 0 Å². The highest BCUT2D eigenvalue weighted by molar-refractivity contribution is 6.10. The minimum atomic E-state index is -1.34. The Morgan fingerprint density at radius 3 is 1.40 bits per heavy atom. The van der Waals surface area contributed by atoms with Crippen molar-refractivity contribution in [1.82, 2.24) is 10.6 Å². The van der Waals surface area contributed by atoms with Gasteiger partial charge in [-0.15, -0.1) is 0 Å². The smallest absolute Gasteiger partial charge is 0.235 e. The highest BCUT2D eigenvalue weighted by atomic mass is 16.2. The quantitative estimate of drug-likeness (QED) is 0.278. The Morgan fingerprint density at radius 1 is 0.767 bits per heavy atom. The number of rotatable bonds is 11. The fourth-order valence-electron chi connectivity index (χ4n) is 3.75. The van der Waals surface area contributed by atoms with Crippen LogP contribution in [0.15, 0.2) is 48.6 Å². The molecule has 30 heavy (non-hydrogen) atoms. The van der Waals surface area contributed by atoms with Crippen LogP contribution in [0, 0.1) is 10.8 Å². The molecule has 0 aromatic carbocycles. The first-order valence-electron chi connectivity index (χ1n) is 10.0. The molecule has 0 heterocycles. The number of nitrogens with two attached hydrogens (primary N) is 2. The summed E-state index contributed by atoms with van der Waals surface area (Å²) in [6.07, 6.45) is 13.9. The zero-order valence-corrected chi connectivity index (χ0v) is 17.4. The second-order valence-corrected chi connectivity index (χ2v) is 7.73. The van der Waals surface area contributed by atoms with Crippen LogP contribution >= 0.6 is 0 Å². The second-order valence-electron chi connectivity index (χ2n) is 7.73. The van der Waals surface area contributed by atoms with Gasteiger partial charge in [0.2, 0.25) is 11.8 Å². The van der Waals surface area contributed by atoms with Crippen LogP contribution in [0.4, 0.5) is 0 Å². The van der Waals surface area contributed by atoms with Crippen LogP contribution in [0.1, 0.15) is 26.7 Å². The minimum absolute atomic E-state index is 0.241. The molecule has 8 heteroatoms. The molecule has 0 saturated heterocycles. The van der Waals surface area contributed by atoms with Gasteiger partial charge in [0.05, 0.1) is 12.1 Å². The van der Waals surface area contributed by atoms with Gasteiger partial charge in [-0.05, 0) is 26.7 Å². The van der Waals surface area contributed by atoms with Gasteiger partial charge in [-0.3, -0.25) is 19.2 Å². The summed E-state index contributed by atoms with van der Waals surface area (Å²) < 4.78 is 0. The fourth-order valence-corrected chi connectivity index (χ4v) is 3.75. The van der Waals surface area contributed by atoms with Crippen molar-refractivity contribution in [3.05, 3.63) is 48.6 Å². The van der Waals surface area contributed by atoms with E-state index in [1.807, 2.05) is 0 Å². The Balaban J connectivity index is 1.88. The van der Waals surface area contributed by atoms with Crippen LogP contribution in [0.25, 0.3) is 0 Å². The molecule has 0 aromatic rings. The normalized spacial score (nSPS) is 26.9. The summed E-state index contributed by atoms with van der Waals surface area (Å²) in [5.74, 6) is -1.95. The summed E-state index contributed by atoms with van der Waals surface area (Å²) in [6, 6.07) is -1.21. The maximum absolute atomic E-state index is 12.8. The van der Waals surface area contributed by atoms with Crippen molar-refractivity contribution in [3.63, 3.8) is 0 Å². The first-order valence-corrected chi connectivity index (χ1v) is 10.0. The van der Waals surface area contributed by atoms with E-state index in [4.69, 9.17) is 11.5 Å². The molecule has 2 aliphatic rings. The van der Waals surface area contributed by atoms with Crippen molar-refractivity contribution in [2.24, 2.45) is 22.3 Å². The van der Waals surface area contributed by atoms with Crippen LogP contribution in [0.2, 0.25) is 0 Å². The molecular weight excluding hydrogens is 384 g/mol. The predicted octanol–water partition coefficient (Wildman–Crippen LogP) is 0.0564. The molecule has 2 aliphatic carbocycles. The molecular formula is C22H30N4O4. The van der Waals surface area contributed by atoms with Crippen LogP contribution in [-0.4, -0.2) is 48.6 Å². The molecule has 0 aliphatic heterocycles. The Kier molecular flexibility index (Phi) is 7.64. The summed E-state index contributed by atoms with van der Waals surface area (Å²) >= 11 is 0. The van der Waals surface area contributed by atoms with Gasteiger partial charge in [0, 0.05) is 13.1 Å². The van der Waals surface area contributed by atoms with E-state index in [2.05, 4.69) is 10.6 Å². The summed E-state index contributed by atoms with van der Waals surface area (Å²) in [7, 11) is 0. The van der Waals surface area contributed by atoms with Crippen molar-refractivity contribution in [3.8, 4) is 0 Å². The molecule has 4 unspecified atom stereocenters. The van der Waals surface area contributed by atoms with Crippen molar-refractivity contribution < 1.29 is 19.2 Å². The standard InChI is InChI=1S/C22H30N4O4/c1-15(17(27)21(19(23)29)9-5-3-6-10-21)25-13-14-26-16(2)18(28)22(20(24)30)11-7-4-8-12-22/h3-9,11,15-16,25-26H,10,12-14H2,1-2H3,(H2,23,29)(H2,24,30). The van der Waals surface area contributed by atoms with Crippen molar-refractivity contribution in [2.75, 3.05) is 13.1 Å². The number of nitrogens with one attached hydrogen (secondary N) is 2. The number of allylic oxidation sites excluding steroid dienone is 6. The molecule has 8 nitrogen and oxygen atoms in total. The first kappa shape index (κ1) is 23.4. The van der Waals surface area contributed by atoms with E-state index in [0.717, 1.165) is 0 Å². The molecule has 162 valence electrons. The van der Waals surface area contributed by atoms with E-state index in [0.29, 0.717) is 13.1 Å². The van der Waals surface area contributed by atoms with E-state index in [1.165, 1.54) is 0 Å². The number of Topliss-reactive ketones (excluding diaryl/α,β-unsaturated/α-hetero) is 2. The Morgan fingerprint density at radius 2 is 1.13 bits per heavy atom. The molecule has 6 N–H and O–H groups in total. The van der Waals surface area contributed by atoms with Gasteiger partial charge in [0.15, 0.2) is 11.6 Å². The first-order chi connectivity index (χ1) is 14.2. The topological polar surface area (TPSA) is 144 Å². The van der Waals surface area contributed by atoms with Crippen LogP contribution < -0.4 is 22.1 Å². The van der Waals surface area contributed by atoms with E-state index in [-0.39, 0.29) is 24.4 Å². The highest BCUT2D eigenvalue weighted by Gasteiger charge is 2.44. The van der Waals surface area contributed by atoms with Crippen molar-refractivity contribution in [1.29, 1.82) is 0 Å². The lowest BCUT2D eigenvalue weighted by Crippen LogP contribution is -2.53. The van der Waals surface area contributed by atoms with Crippen molar-refractivity contribution in [2.45, 2.75) is 38.8 Å². The number of primary amides is 2. The number of carbonyl (C=O) groups is 4. The molecule has 4 atom stereocenters. The van der Waals surface area contributed by atoms with Crippen LogP contribution in [-0.2, 0) is 19.2 Å². The molecule has 0 fully saturated rings. The Bertz CT molecular complexity index is 761. The summed E-state index contributed by atoms with van der Waals surface area (Å²) in [4.78, 5) is 49.6. The lowest BCUT2D eigenvalue weighted by atomic mass is 9.74. The average Bonchev–Trinajstić information content (AvgIpc) is 2.75. The SMILES string of the molecule is CC(NCCNC(C)C(=O)C1(C(N)=O)C=CC=CC1)C(=O)C1(C(N)=O)C=CC=CC1. The van der Waals surface area contributed by atoms with Crippen LogP contribution in [0.3, 0.4) is 0 Å². The molecule has 0 spiro atoms. The molecule has 2 rings (SSSR count). The van der Waals surface area contributed by atoms with E-state index >= 15 is 0 Å². The minimum Gasteiger partial charge on any atom is -0.369 e. The third kappa shape index (κ3) is 4.66. The molecule has 0 bridgehead atoms. The largest absolute Gasteiger partial charge is 0.369 e. The monoisotopic (exact) mass is 414 g/mol. The van der Waals surface area contributed by atoms with Gasteiger partial charge in [-0.1, -0.05) is 48.6 Å². The van der Waals surface area contributed by atoms with Gasteiger partial charge < -0.3 is 22.1 Å². The zero-order chi connectivity index (χ0) is 22.4. The van der Waals surface area contributed by atoms with Gasteiger partial charge >= 0.3 is 0 Å². The highest BCUT2D eigenvalue weighted by Crippen LogP contribution is 2.31. The van der Waals surface area contributed by atoms with Gasteiger partial charge in [0.1, 0.15) is 10.8 Å². The summed E-state index contributed by atoms with van der Waals surface area (Å²) in [6.45, 7) is 4.10. The van der Waals surface area contributed by atoms with Gasteiger partial charge in [0.25, 0.3) is 0 Å². The second kappa shape index (κ2) is 9.77. The maximum atomic E-state index is 12.8. The predicted molar refractivity (Wildman–Crippen MR) is 114 cm³/mol. The lowest BCUT2D eigenvalue weighted by Gasteiger charge is -2.30. The van der Waals surface area contributed by atoms with E-state index < -0.39 is 34.7 Å². The Labute approximate surface area is 176 Å². The number of hydrogen-bond donors (Lipinski definition) is 4.